The fourth-order valence-corrected chi connectivity index (χ4v) is 4.47. The predicted molar refractivity (Wildman–Crippen MR) is 104 cm³/mol. The van der Waals surface area contributed by atoms with Gasteiger partial charge in [0.25, 0.3) is 5.91 Å². The Morgan fingerprint density at radius 2 is 1.74 bits per heavy atom. The topological polar surface area (TPSA) is 92.8 Å². The molecule has 27 heavy (non-hydrogen) atoms. The highest BCUT2D eigenvalue weighted by molar-refractivity contribution is 7.89. The number of halogens is 1. The Hall–Kier alpha value is -1.64. The van der Waals surface area contributed by atoms with Gasteiger partial charge in [-0.15, -0.1) is 0 Å². The quantitative estimate of drug-likeness (QED) is 0.590. The molecule has 7 nitrogen and oxygen atoms in total. The standard InChI is InChI=1S/C18H27ClN2O5S/c1-5-14(6-2)20-17(22)12-26-18(23)13-9-10-15(19)16(11-13)27(24,25)21(7-3)8-4/h9-11,14H,5-8,12H2,1-4H3,(H,20,22). The average molecular weight is 419 g/mol. The summed E-state index contributed by atoms with van der Waals surface area (Å²) in [6, 6.07) is 3.90. The van der Waals surface area contributed by atoms with E-state index >= 15 is 0 Å². The fourth-order valence-electron chi connectivity index (χ4n) is 2.51. The predicted octanol–water partition coefficient (Wildman–Crippen LogP) is 2.83. The van der Waals surface area contributed by atoms with Crippen molar-refractivity contribution >= 4 is 33.5 Å². The van der Waals surface area contributed by atoms with Crippen LogP contribution in [0, 0.1) is 0 Å². The molecule has 0 heterocycles. The minimum atomic E-state index is -3.83. The molecule has 1 amide bonds. The average Bonchev–Trinajstić information content (AvgIpc) is 2.65. The number of nitrogens with one attached hydrogen (secondary N) is 1. The van der Waals surface area contributed by atoms with Crippen molar-refractivity contribution in [3.8, 4) is 0 Å². The summed E-state index contributed by atoms with van der Waals surface area (Å²) in [6.45, 7) is 7.45. The van der Waals surface area contributed by atoms with Crippen LogP contribution in [0.25, 0.3) is 0 Å². The van der Waals surface area contributed by atoms with Crippen LogP contribution >= 0.6 is 11.6 Å². The molecule has 0 aromatic heterocycles. The third-order valence-electron chi connectivity index (χ3n) is 4.18. The first-order valence-electron chi connectivity index (χ1n) is 8.97. The molecule has 1 aromatic rings. The largest absolute Gasteiger partial charge is 0.452 e. The Balaban J connectivity index is 2.93. The lowest BCUT2D eigenvalue weighted by Gasteiger charge is -2.19. The maximum atomic E-state index is 12.7. The number of amides is 1. The van der Waals surface area contributed by atoms with E-state index in [1.54, 1.807) is 13.8 Å². The Labute approximate surface area is 166 Å². The van der Waals surface area contributed by atoms with Crippen LogP contribution in [0.3, 0.4) is 0 Å². The molecular formula is C18H27ClN2O5S. The van der Waals surface area contributed by atoms with E-state index in [-0.39, 0.29) is 34.6 Å². The molecule has 0 aliphatic rings. The molecule has 0 saturated heterocycles. The summed E-state index contributed by atoms with van der Waals surface area (Å²) in [4.78, 5) is 23.9. The zero-order valence-corrected chi connectivity index (χ0v) is 17.7. The SMILES string of the molecule is CCC(CC)NC(=O)COC(=O)c1ccc(Cl)c(S(=O)(=O)N(CC)CC)c1. The number of rotatable bonds is 10. The van der Waals surface area contributed by atoms with E-state index in [0.717, 1.165) is 12.8 Å². The number of sulfonamides is 1. The van der Waals surface area contributed by atoms with Gasteiger partial charge < -0.3 is 10.1 Å². The van der Waals surface area contributed by atoms with Crippen LogP contribution < -0.4 is 5.32 Å². The van der Waals surface area contributed by atoms with Crippen molar-refractivity contribution in [2.24, 2.45) is 0 Å². The third kappa shape index (κ3) is 6.19. The van der Waals surface area contributed by atoms with Crippen molar-refractivity contribution in [1.82, 2.24) is 9.62 Å². The van der Waals surface area contributed by atoms with E-state index in [9.17, 15) is 18.0 Å². The normalized spacial score (nSPS) is 11.7. The first-order valence-corrected chi connectivity index (χ1v) is 10.8. The second-order valence-corrected chi connectivity index (χ2v) is 8.21. The molecule has 0 radical (unpaired) electrons. The van der Waals surface area contributed by atoms with E-state index in [2.05, 4.69) is 5.32 Å². The first-order chi connectivity index (χ1) is 12.7. The van der Waals surface area contributed by atoms with Crippen LogP contribution in [0.2, 0.25) is 5.02 Å². The van der Waals surface area contributed by atoms with E-state index < -0.39 is 28.5 Å². The van der Waals surface area contributed by atoms with Crippen molar-refractivity contribution in [2.75, 3.05) is 19.7 Å². The van der Waals surface area contributed by atoms with E-state index in [1.807, 2.05) is 13.8 Å². The number of benzene rings is 1. The van der Waals surface area contributed by atoms with Gasteiger partial charge in [-0.25, -0.2) is 13.2 Å². The number of esters is 1. The smallest absolute Gasteiger partial charge is 0.338 e. The number of hydrogen-bond donors (Lipinski definition) is 1. The van der Waals surface area contributed by atoms with Gasteiger partial charge in [-0.05, 0) is 31.0 Å². The molecule has 1 aromatic carbocycles. The number of carbonyl (C=O) groups is 2. The van der Waals surface area contributed by atoms with Gasteiger partial charge in [-0.1, -0.05) is 39.3 Å². The van der Waals surface area contributed by atoms with Gasteiger partial charge in [0.2, 0.25) is 10.0 Å². The summed E-state index contributed by atoms with van der Waals surface area (Å²) < 4.78 is 31.6. The van der Waals surface area contributed by atoms with Gasteiger partial charge in [0, 0.05) is 19.1 Å². The van der Waals surface area contributed by atoms with Crippen LogP contribution in [0.4, 0.5) is 0 Å². The van der Waals surface area contributed by atoms with Crippen molar-refractivity contribution < 1.29 is 22.7 Å². The minimum absolute atomic E-state index is 0.0143. The molecule has 152 valence electrons. The molecule has 1 rings (SSSR count). The molecule has 0 fully saturated rings. The highest BCUT2D eigenvalue weighted by atomic mass is 35.5. The zero-order valence-electron chi connectivity index (χ0n) is 16.1. The lowest BCUT2D eigenvalue weighted by Crippen LogP contribution is -2.36. The number of ether oxygens (including phenoxy) is 1. The summed E-state index contributed by atoms with van der Waals surface area (Å²) in [6.07, 6.45) is 1.56. The van der Waals surface area contributed by atoms with Crippen LogP contribution in [0.5, 0.6) is 0 Å². The lowest BCUT2D eigenvalue weighted by molar-refractivity contribution is -0.125. The van der Waals surface area contributed by atoms with E-state index in [1.165, 1.54) is 22.5 Å². The van der Waals surface area contributed by atoms with Gasteiger partial charge in [0.1, 0.15) is 4.90 Å². The molecule has 0 atom stereocenters. The van der Waals surface area contributed by atoms with Crippen molar-refractivity contribution in [3.05, 3.63) is 28.8 Å². The Morgan fingerprint density at radius 1 is 1.15 bits per heavy atom. The number of nitrogens with zero attached hydrogens (tertiary/aromatic N) is 1. The molecule has 9 heteroatoms. The van der Waals surface area contributed by atoms with Gasteiger partial charge in [-0.3, -0.25) is 4.79 Å². The summed E-state index contributed by atoms with van der Waals surface area (Å²) in [5, 5.41) is 2.78. The highest BCUT2D eigenvalue weighted by Crippen LogP contribution is 2.26. The second kappa shape index (κ2) is 10.6. The molecule has 1 N–H and O–H groups in total. The molecule has 0 spiro atoms. The molecule has 0 aliphatic heterocycles. The fraction of sp³-hybridized carbons (Fsp3) is 0.556. The Bertz CT molecular complexity index is 759. The summed E-state index contributed by atoms with van der Waals surface area (Å²) in [5.74, 6) is -1.19. The minimum Gasteiger partial charge on any atom is -0.452 e. The van der Waals surface area contributed by atoms with Gasteiger partial charge >= 0.3 is 5.97 Å². The number of carbonyl (C=O) groups excluding carboxylic acids is 2. The molecule has 0 aliphatic carbocycles. The van der Waals surface area contributed by atoms with Crippen LogP contribution in [-0.2, 0) is 19.6 Å². The summed E-state index contributed by atoms with van der Waals surface area (Å²) in [5.41, 5.74) is 0.0143. The maximum absolute atomic E-state index is 12.7. The Kier molecular flexibility index (Phi) is 9.21. The lowest BCUT2D eigenvalue weighted by atomic mass is 10.2. The molecule has 0 unspecified atom stereocenters. The maximum Gasteiger partial charge on any atom is 0.338 e. The van der Waals surface area contributed by atoms with Crippen molar-refractivity contribution in [1.29, 1.82) is 0 Å². The zero-order chi connectivity index (χ0) is 20.6. The van der Waals surface area contributed by atoms with Crippen molar-refractivity contribution in [3.63, 3.8) is 0 Å². The summed E-state index contributed by atoms with van der Waals surface area (Å²) in [7, 11) is -3.83. The molecule has 0 saturated carbocycles. The number of hydrogen-bond acceptors (Lipinski definition) is 5. The van der Waals surface area contributed by atoms with Crippen LogP contribution in [0.1, 0.15) is 50.9 Å². The third-order valence-corrected chi connectivity index (χ3v) is 6.71. The molecule has 0 bridgehead atoms. The van der Waals surface area contributed by atoms with Gasteiger partial charge in [-0.2, -0.15) is 4.31 Å². The molecular weight excluding hydrogens is 392 g/mol. The summed E-state index contributed by atoms with van der Waals surface area (Å²) >= 11 is 6.04. The first kappa shape index (κ1) is 23.4. The van der Waals surface area contributed by atoms with E-state index in [0.29, 0.717) is 0 Å². The van der Waals surface area contributed by atoms with E-state index in [4.69, 9.17) is 16.3 Å². The van der Waals surface area contributed by atoms with Crippen molar-refractivity contribution in [2.45, 2.75) is 51.5 Å². The van der Waals surface area contributed by atoms with Crippen LogP contribution in [0.15, 0.2) is 23.1 Å². The Morgan fingerprint density at radius 3 is 2.26 bits per heavy atom. The van der Waals surface area contributed by atoms with Gasteiger partial charge in [0.15, 0.2) is 6.61 Å². The van der Waals surface area contributed by atoms with Gasteiger partial charge in [0.05, 0.1) is 10.6 Å². The highest BCUT2D eigenvalue weighted by Gasteiger charge is 2.26. The van der Waals surface area contributed by atoms with Crippen LogP contribution in [-0.4, -0.2) is 50.3 Å². The monoisotopic (exact) mass is 418 g/mol. The second-order valence-electron chi connectivity index (χ2n) is 5.89.